The van der Waals surface area contributed by atoms with Gasteiger partial charge in [-0.25, -0.2) is 4.79 Å². The second-order valence-corrected chi connectivity index (χ2v) is 9.06. The molecule has 7 heteroatoms. The van der Waals surface area contributed by atoms with Gasteiger partial charge in [0.2, 0.25) is 5.91 Å². The summed E-state index contributed by atoms with van der Waals surface area (Å²) in [5.74, 6) is -0.0386. The molecule has 0 aromatic heterocycles. The SMILES string of the molecule is CC(=O)N1c2ccc(-c3ccc(CN4CCC(N)CC4)cc3)cc2[C@H](NC(=O)O)C[C@@H]1C. The Morgan fingerprint density at radius 3 is 2.38 bits per heavy atom. The molecule has 2 aliphatic heterocycles. The summed E-state index contributed by atoms with van der Waals surface area (Å²) in [6, 6.07) is 14.4. The van der Waals surface area contributed by atoms with Crippen LogP contribution in [-0.4, -0.2) is 47.2 Å². The second kappa shape index (κ2) is 9.30. The molecule has 2 atom stereocenters. The summed E-state index contributed by atoms with van der Waals surface area (Å²) in [4.78, 5) is 27.8. The van der Waals surface area contributed by atoms with Crippen LogP contribution in [0.25, 0.3) is 11.1 Å². The first-order chi connectivity index (χ1) is 15.3. The number of nitrogens with one attached hydrogen (secondary N) is 1. The fraction of sp³-hybridized carbons (Fsp3) is 0.440. The number of nitrogens with two attached hydrogens (primary N) is 1. The average molecular weight is 437 g/mol. The van der Waals surface area contributed by atoms with E-state index in [2.05, 4.69) is 34.5 Å². The van der Waals surface area contributed by atoms with Gasteiger partial charge in [0.15, 0.2) is 0 Å². The Hall–Kier alpha value is -2.90. The van der Waals surface area contributed by atoms with E-state index in [1.807, 2.05) is 25.1 Å². The standard InChI is InChI=1S/C25H32N4O3/c1-16-13-23(27-25(31)32)22-14-20(7-8-24(22)29(16)17(2)30)19-5-3-18(4-6-19)15-28-11-9-21(26)10-12-28/h3-8,14,16,21,23,27H,9-13,15,26H2,1-2H3,(H,31,32)/t16-,23+/m0/s1. The molecule has 1 saturated heterocycles. The number of hydrogen-bond donors (Lipinski definition) is 3. The third-order valence-electron chi connectivity index (χ3n) is 6.64. The molecule has 4 N–H and O–H groups in total. The van der Waals surface area contributed by atoms with E-state index in [9.17, 15) is 14.7 Å². The number of carbonyl (C=O) groups excluding carboxylic acids is 1. The first kappa shape index (κ1) is 22.3. The van der Waals surface area contributed by atoms with E-state index in [1.165, 1.54) is 5.56 Å². The number of piperidine rings is 1. The molecule has 170 valence electrons. The molecule has 0 spiro atoms. The Morgan fingerprint density at radius 2 is 1.75 bits per heavy atom. The van der Waals surface area contributed by atoms with Gasteiger partial charge < -0.3 is 21.1 Å². The lowest BCUT2D eigenvalue weighted by Gasteiger charge is -2.39. The number of carboxylic acid groups (broad SMARTS) is 1. The zero-order valence-corrected chi connectivity index (χ0v) is 18.8. The van der Waals surface area contributed by atoms with Crippen LogP contribution < -0.4 is 16.0 Å². The highest BCUT2D eigenvalue weighted by atomic mass is 16.4. The molecule has 7 nitrogen and oxygen atoms in total. The topological polar surface area (TPSA) is 98.9 Å². The number of likely N-dealkylation sites (tertiary alicyclic amines) is 1. The number of carbonyl (C=O) groups is 2. The maximum absolute atomic E-state index is 12.3. The molecule has 0 unspecified atom stereocenters. The second-order valence-electron chi connectivity index (χ2n) is 9.06. The minimum Gasteiger partial charge on any atom is -0.465 e. The number of benzene rings is 2. The number of amides is 2. The Morgan fingerprint density at radius 1 is 1.09 bits per heavy atom. The molecule has 2 heterocycles. The Balaban J connectivity index is 1.58. The van der Waals surface area contributed by atoms with Gasteiger partial charge in [0.25, 0.3) is 0 Å². The molecule has 32 heavy (non-hydrogen) atoms. The third kappa shape index (κ3) is 4.79. The van der Waals surface area contributed by atoms with Crippen molar-refractivity contribution in [1.29, 1.82) is 0 Å². The smallest absolute Gasteiger partial charge is 0.405 e. The maximum atomic E-state index is 12.3. The molecule has 2 aromatic rings. The molecule has 0 bridgehead atoms. The Bertz CT molecular complexity index is 983. The Kier molecular flexibility index (Phi) is 6.48. The summed E-state index contributed by atoms with van der Waals surface area (Å²) in [6.07, 6.45) is 1.59. The van der Waals surface area contributed by atoms with Gasteiger partial charge in [-0.05, 0) is 73.7 Å². The molecule has 4 rings (SSSR count). The summed E-state index contributed by atoms with van der Waals surface area (Å²) in [5.41, 5.74) is 11.0. The third-order valence-corrected chi connectivity index (χ3v) is 6.64. The minimum atomic E-state index is -1.06. The van der Waals surface area contributed by atoms with Crippen molar-refractivity contribution in [3.8, 4) is 11.1 Å². The van der Waals surface area contributed by atoms with Crippen LogP contribution in [0.3, 0.4) is 0 Å². The molecule has 1 fully saturated rings. The van der Waals surface area contributed by atoms with Gasteiger partial charge >= 0.3 is 6.09 Å². The molecule has 2 aromatic carbocycles. The highest BCUT2D eigenvalue weighted by Gasteiger charge is 2.33. The summed E-state index contributed by atoms with van der Waals surface area (Å²) >= 11 is 0. The van der Waals surface area contributed by atoms with Gasteiger partial charge in [-0.1, -0.05) is 30.3 Å². The normalized spacial score (nSPS) is 21.8. The summed E-state index contributed by atoms with van der Waals surface area (Å²) < 4.78 is 0. The van der Waals surface area contributed by atoms with Crippen LogP contribution in [0.2, 0.25) is 0 Å². The van der Waals surface area contributed by atoms with Crippen molar-refractivity contribution >= 4 is 17.7 Å². The fourth-order valence-corrected chi connectivity index (χ4v) is 4.98. The summed E-state index contributed by atoms with van der Waals surface area (Å²) in [7, 11) is 0. The molecule has 0 radical (unpaired) electrons. The van der Waals surface area contributed by atoms with E-state index in [-0.39, 0.29) is 18.0 Å². The quantitative estimate of drug-likeness (QED) is 0.678. The molecular formula is C25H32N4O3. The molecule has 0 saturated carbocycles. The average Bonchev–Trinajstić information content (AvgIpc) is 2.75. The van der Waals surface area contributed by atoms with E-state index < -0.39 is 6.09 Å². The van der Waals surface area contributed by atoms with Crippen molar-refractivity contribution in [1.82, 2.24) is 10.2 Å². The highest BCUT2D eigenvalue weighted by molar-refractivity contribution is 5.94. The highest BCUT2D eigenvalue weighted by Crippen LogP contribution is 2.39. The van der Waals surface area contributed by atoms with Crippen LogP contribution >= 0.6 is 0 Å². The zero-order chi connectivity index (χ0) is 22.8. The monoisotopic (exact) mass is 436 g/mol. The summed E-state index contributed by atoms with van der Waals surface area (Å²) in [5, 5.41) is 11.9. The van der Waals surface area contributed by atoms with Crippen LogP contribution in [0.1, 0.15) is 50.3 Å². The molecular weight excluding hydrogens is 404 g/mol. The number of nitrogens with zero attached hydrogens (tertiary/aromatic N) is 2. The van der Waals surface area contributed by atoms with Crippen LogP contribution in [0, 0.1) is 0 Å². The number of rotatable bonds is 4. The lowest BCUT2D eigenvalue weighted by molar-refractivity contribution is -0.117. The van der Waals surface area contributed by atoms with Crippen LogP contribution in [0.5, 0.6) is 0 Å². The van der Waals surface area contributed by atoms with Crippen molar-refractivity contribution in [2.24, 2.45) is 5.73 Å². The minimum absolute atomic E-state index is 0.0386. The maximum Gasteiger partial charge on any atom is 0.405 e. The molecule has 0 aliphatic carbocycles. The van der Waals surface area contributed by atoms with Crippen LogP contribution in [0.4, 0.5) is 10.5 Å². The van der Waals surface area contributed by atoms with Crippen molar-refractivity contribution < 1.29 is 14.7 Å². The Labute approximate surface area is 189 Å². The lowest BCUT2D eigenvalue weighted by atomic mass is 9.89. The van der Waals surface area contributed by atoms with Gasteiger partial charge in [-0.15, -0.1) is 0 Å². The predicted octanol–water partition coefficient (Wildman–Crippen LogP) is 3.73. The van der Waals surface area contributed by atoms with Gasteiger partial charge in [-0.2, -0.15) is 0 Å². The van der Waals surface area contributed by atoms with Crippen molar-refractivity contribution in [3.63, 3.8) is 0 Å². The zero-order valence-electron chi connectivity index (χ0n) is 18.8. The van der Waals surface area contributed by atoms with Crippen LogP contribution in [-0.2, 0) is 11.3 Å². The van der Waals surface area contributed by atoms with Crippen LogP contribution in [0.15, 0.2) is 42.5 Å². The fourth-order valence-electron chi connectivity index (χ4n) is 4.98. The van der Waals surface area contributed by atoms with Crippen molar-refractivity contribution in [2.45, 2.75) is 57.8 Å². The predicted molar refractivity (Wildman–Crippen MR) is 126 cm³/mol. The number of hydrogen-bond acceptors (Lipinski definition) is 4. The van der Waals surface area contributed by atoms with E-state index >= 15 is 0 Å². The first-order valence-electron chi connectivity index (χ1n) is 11.3. The first-order valence-corrected chi connectivity index (χ1v) is 11.3. The van der Waals surface area contributed by atoms with E-state index in [0.29, 0.717) is 12.5 Å². The molecule has 2 amide bonds. The van der Waals surface area contributed by atoms with Gasteiger partial charge in [0.05, 0.1) is 6.04 Å². The largest absolute Gasteiger partial charge is 0.465 e. The number of fused-ring (bicyclic) bond motifs is 1. The summed E-state index contributed by atoms with van der Waals surface area (Å²) in [6.45, 7) is 6.50. The van der Waals surface area contributed by atoms with Gasteiger partial charge in [0, 0.05) is 31.2 Å². The lowest BCUT2D eigenvalue weighted by Crippen LogP contribution is -2.45. The van der Waals surface area contributed by atoms with Crippen molar-refractivity contribution in [2.75, 3.05) is 18.0 Å². The molecule has 2 aliphatic rings. The van der Waals surface area contributed by atoms with Gasteiger partial charge in [0.1, 0.15) is 0 Å². The number of anilines is 1. The van der Waals surface area contributed by atoms with E-state index in [0.717, 1.165) is 54.9 Å². The van der Waals surface area contributed by atoms with E-state index in [1.54, 1.807) is 11.8 Å². The van der Waals surface area contributed by atoms with Crippen molar-refractivity contribution in [3.05, 3.63) is 53.6 Å². The van der Waals surface area contributed by atoms with E-state index in [4.69, 9.17) is 5.73 Å². The van der Waals surface area contributed by atoms with Gasteiger partial charge in [-0.3, -0.25) is 9.69 Å².